The lowest BCUT2D eigenvalue weighted by molar-refractivity contribution is -0.138. The van der Waals surface area contributed by atoms with Crippen molar-refractivity contribution in [2.45, 2.75) is 38.6 Å². The van der Waals surface area contributed by atoms with Gasteiger partial charge in [-0.15, -0.1) is 0 Å². The molecule has 0 aromatic heterocycles. The number of nitrogens with zero attached hydrogens (tertiary/aromatic N) is 1. The minimum absolute atomic E-state index is 0.0104. The highest BCUT2D eigenvalue weighted by atomic mass is 16.5. The molecule has 0 radical (unpaired) electrons. The minimum Gasteiger partial charge on any atom is -0.372 e. The Morgan fingerprint density at radius 1 is 1.47 bits per heavy atom. The number of ketones is 1. The van der Waals surface area contributed by atoms with Crippen LogP contribution in [0.1, 0.15) is 32.6 Å². The number of Topliss-reactive ketones (excluding diaryl/α,β-unsaturated/α-hetero) is 1. The van der Waals surface area contributed by atoms with Crippen molar-refractivity contribution in [3.8, 4) is 0 Å². The first-order valence-electron chi connectivity index (χ1n) is 5.50. The van der Waals surface area contributed by atoms with Gasteiger partial charge in [-0.1, -0.05) is 0 Å². The van der Waals surface area contributed by atoms with Crippen LogP contribution >= 0.6 is 0 Å². The van der Waals surface area contributed by atoms with E-state index in [0.717, 1.165) is 12.8 Å². The molecule has 0 spiro atoms. The van der Waals surface area contributed by atoms with Gasteiger partial charge in [-0.05, 0) is 19.8 Å². The summed E-state index contributed by atoms with van der Waals surface area (Å²) in [5, 5.41) is 0. The summed E-state index contributed by atoms with van der Waals surface area (Å²) < 4.78 is 5.07. The highest BCUT2D eigenvalue weighted by Gasteiger charge is 2.24. The van der Waals surface area contributed by atoms with Gasteiger partial charge in [-0.2, -0.15) is 0 Å². The second kappa shape index (κ2) is 5.85. The summed E-state index contributed by atoms with van der Waals surface area (Å²) in [6.45, 7) is 2.58. The predicted molar refractivity (Wildman–Crippen MR) is 56.5 cm³/mol. The first-order chi connectivity index (χ1) is 7.15. The topological polar surface area (TPSA) is 46.6 Å². The van der Waals surface area contributed by atoms with Gasteiger partial charge in [0.1, 0.15) is 12.4 Å². The molecular weight excluding hydrogens is 194 g/mol. The lowest BCUT2D eigenvalue weighted by Crippen LogP contribution is -2.41. The van der Waals surface area contributed by atoms with Crippen LogP contribution in [-0.4, -0.2) is 42.9 Å². The van der Waals surface area contributed by atoms with Gasteiger partial charge in [-0.25, -0.2) is 0 Å². The quantitative estimate of drug-likeness (QED) is 0.699. The van der Waals surface area contributed by atoms with E-state index in [-0.39, 0.29) is 18.6 Å². The van der Waals surface area contributed by atoms with Gasteiger partial charge in [0.25, 0.3) is 0 Å². The maximum absolute atomic E-state index is 11.6. The smallest absolute Gasteiger partial charge is 0.248 e. The Balaban J connectivity index is 2.35. The second-order valence-corrected chi connectivity index (χ2v) is 3.91. The zero-order chi connectivity index (χ0) is 11.3. The summed E-state index contributed by atoms with van der Waals surface area (Å²) in [6, 6.07) is 0.218. The van der Waals surface area contributed by atoms with Gasteiger partial charge in [0.15, 0.2) is 0 Å². The van der Waals surface area contributed by atoms with E-state index in [1.165, 1.54) is 0 Å². The molecule has 1 rings (SSSR count). The van der Waals surface area contributed by atoms with Crippen LogP contribution in [0.5, 0.6) is 0 Å². The van der Waals surface area contributed by atoms with Crippen LogP contribution in [0.2, 0.25) is 0 Å². The van der Waals surface area contributed by atoms with E-state index >= 15 is 0 Å². The molecular formula is C11H19NO3. The fraction of sp³-hybridized carbons (Fsp3) is 0.818. The SMILES string of the molecule is CCOCC(=O)N(C)C1CCC(=O)CC1. The Morgan fingerprint density at radius 2 is 2.07 bits per heavy atom. The Morgan fingerprint density at radius 3 is 2.60 bits per heavy atom. The maximum Gasteiger partial charge on any atom is 0.248 e. The Hall–Kier alpha value is -0.900. The Bertz CT molecular complexity index is 230. The third-order valence-electron chi connectivity index (χ3n) is 2.88. The highest BCUT2D eigenvalue weighted by molar-refractivity contribution is 5.80. The first kappa shape index (κ1) is 12.2. The summed E-state index contributed by atoms with van der Waals surface area (Å²) in [4.78, 5) is 24.4. The Kier molecular flexibility index (Phi) is 4.75. The van der Waals surface area contributed by atoms with E-state index in [9.17, 15) is 9.59 Å². The molecule has 0 aromatic rings. The van der Waals surface area contributed by atoms with Gasteiger partial charge in [-0.3, -0.25) is 9.59 Å². The van der Waals surface area contributed by atoms with Crippen LogP contribution < -0.4 is 0 Å². The molecule has 0 saturated heterocycles. The third-order valence-corrected chi connectivity index (χ3v) is 2.88. The number of carbonyl (C=O) groups is 2. The van der Waals surface area contributed by atoms with Gasteiger partial charge >= 0.3 is 0 Å². The third kappa shape index (κ3) is 3.63. The molecule has 1 fully saturated rings. The molecule has 0 bridgehead atoms. The fourth-order valence-corrected chi connectivity index (χ4v) is 1.81. The van der Waals surface area contributed by atoms with Crippen molar-refractivity contribution in [1.29, 1.82) is 0 Å². The molecule has 86 valence electrons. The zero-order valence-electron chi connectivity index (χ0n) is 9.49. The number of amides is 1. The number of ether oxygens (including phenoxy) is 1. The summed E-state index contributed by atoms with van der Waals surface area (Å²) >= 11 is 0. The van der Waals surface area contributed by atoms with E-state index in [1.54, 1.807) is 11.9 Å². The summed E-state index contributed by atoms with van der Waals surface area (Å²) in [7, 11) is 1.79. The average molecular weight is 213 g/mol. The van der Waals surface area contributed by atoms with Gasteiger partial charge in [0, 0.05) is 32.5 Å². The Labute approximate surface area is 90.6 Å². The van der Waals surface area contributed by atoms with E-state index in [2.05, 4.69) is 0 Å². The average Bonchev–Trinajstić information content (AvgIpc) is 2.26. The lowest BCUT2D eigenvalue weighted by atomic mass is 9.93. The van der Waals surface area contributed by atoms with E-state index < -0.39 is 0 Å². The van der Waals surface area contributed by atoms with Crippen LogP contribution in [0, 0.1) is 0 Å². The van der Waals surface area contributed by atoms with Crippen molar-refractivity contribution in [3.05, 3.63) is 0 Å². The van der Waals surface area contributed by atoms with E-state index in [4.69, 9.17) is 4.74 Å². The number of carbonyl (C=O) groups excluding carboxylic acids is 2. The van der Waals surface area contributed by atoms with Crippen LogP contribution in [0.25, 0.3) is 0 Å². The molecule has 0 heterocycles. The van der Waals surface area contributed by atoms with Crippen LogP contribution in [0.4, 0.5) is 0 Å². The van der Waals surface area contributed by atoms with Gasteiger partial charge < -0.3 is 9.64 Å². The highest BCUT2D eigenvalue weighted by Crippen LogP contribution is 2.19. The van der Waals surface area contributed by atoms with Crippen LogP contribution in [0.15, 0.2) is 0 Å². The molecule has 0 N–H and O–H groups in total. The lowest BCUT2D eigenvalue weighted by Gasteiger charge is -2.30. The molecule has 1 aliphatic carbocycles. The molecule has 15 heavy (non-hydrogen) atoms. The van der Waals surface area contributed by atoms with E-state index in [1.807, 2.05) is 6.92 Å². The molecule has 4 heteroatoms. The summed E-state index contributed by atoms with van der Waals surface area (Å²) in [5.74, 6) is 0.327. The van der Waals surface area contributed by atoms with E-state index in [0.29, 0.717) is 25.2 Å². The molecule has 1 aliphatic rings. The standard InChI is InChI=1S/C11H19NO3/c1-3-15-8-11(14)12(2)9-4-6-10(13)7-5-9/h9H,3-8H2,1-2H3. The van der Waals surface area contributed by atoms with Gasteiger partial charge in [0.2, 0.25) is 5.91 Å². The summed E-state index contributed by atoms with van der Waals surface area (Å²) in [6.07, 6.45) is 2.81. The monoisotopic (exact) mass is 213 g/mol. The molecule has 0 aromatic carbocycles. The largest absolute Gasteiger partial charge is 0.372 e. The van der Waals surface area contributed by atoms with Crippen molar-refractivity contribution in [1.82, 2.24) is 4.90 Å². The first-order valence-corrected chi connectivity index (χ1v) is 5.50. The number of rotatable bonds is 4. The van der Waals surface area contributed by atoms with Crippen molar-refractivity contribution >= 4 is 11.7 Å². The number of likely N-dealkylation sites (N-methyl/N-ethyl adjacent to an activating group) is 1. The molecule has 1 saturated carbocycles. The van der Waals surface area contributed by atoms with Crippen molar-refractivity contribution < 1.29 is 14.3 Å². The number of hydrogen-bond acceptors (Lipinski definition) is 3. The second-order valence-electron chi connectivity index (χ2n) is 3.91. The fourth-order valence-electron chi connectivity index (χ4n) is 1.81. The normalized spacial score (nSPS) is 17.9. The maximum atomic E-state index is 11.6. The molecule has 1 amide bonds. The summed E-state index contributed by atoms with van der Waals surface area (Å²) in [5.41, 5.74) is 0. The molecule has 0 unspecified atom stereocenters. The molecule has 0 atom stereocenters. The number of hydrogen-bond donors (Lipinski definition) is 0. The minimum atomic E-state index is 0.0104. The molecule has 4 nitrogen and oxygen atoms in total. The van der Waals surface area contributed by atoms with Crippen LogP contribution in [0.3, 0.4) is 0 Å². The predicted octanol–water partition coefficient (Wildman–Crippen LogP) is 0.993. The van der Waals surface area contributed by atoms with Crippen molar-refractivity contribution in [2.75, 3.05) is 20.3 Å². The van der Waals surface area contributed by atoms with Crippen molar-refractivity contribution in [3.63, 3.8) is 0 Å². The van der Waals surface area contributed by atoms with Gasteiger partial charge in [0.05, 0.1) is 0 Å². The zero-order valence-corrected chi connectivity index (χ0v) is 9.49. The van der Waals surface area contributed by atoms with Crippen LogP contribution in [-0.2, 0) is 14.3 Å². The molecule has 0 aliphatic heterocycles. The van der Waals surface area contributed by atoms with Crippen molar-refractivity contribution in [2.24, 2.45) is 0 Å².